The van der Waals surface area contributed by atoms with E-state index in [-0.39, 0.29) is 17.7 Å². The fourth-order valence-corrected chi connectivity index (χ4v) is 4.96. The summed E-state index contributed by atoms with van der Waals surface area (Å²) in [6.07, 6.45) is 1.27. The number of carbonyl (C=O) groups is 1. The topological polar surface area (TPSA) is 68.2 Å². The first-order valence-corrected chi connectivity index (χ1v) is 12.4. The molecule has 3 aromatic rings. The van der Waals surface area contributed by atoms with E-state index in [1.165, 1.54) is 0 Å². The van der Waals surface area contributed by atoms with Crippen molar-refractivity contribution >= 4 is 13.0 Å². The predicted octanol–water partition coefficient (Wildman–Crippen LogP) is 4.88. The Kier molecular flexibility index (Phi) is 8.21. The minimum Gasteiger partial charge on any atom is -0.496 e. The van der Waals surface area contributed by atoms with E-state index in [1.807, 2.05) is 61.5 Å². The van der Waals surface area contributed by atoms with Crippen molar-refractivity contribution < 1.29 is 24.0 Å². The number of ether oxygens (including phenoxy) is 3. The van der Waals surface area contributed by atoms with Gasteiger partial charge in [0.1, 0.15) is 12.4 Å². The third-order valence-electron chi connectivity index (χ3n) is 6.91. The molecule has 7 heteroatoms. The van der Waals surface area contributed by atoms with Crippen LogP contribution in [0.25, 0.3) is 0 Å². The summed E-state index contributed by atoms with van der Waals surface area (Å²) in [4.78, 5) is 14.9. The van der Waals surface area contributed by atoms with Crippen LogP contribution in [0.4, 0.5) is 0 Å². The molecule has 0 aromatic heterocycles. The molecular formula is C29H34BNO5. The van der Waals surface area contributed by atoms with Gasteiger partial charge in [0.05, 0.1) is 14.2 Å². The van der Waals surface area contributed by atoms with Crippen LogP contribution in [-0.2, 0) is 17.8 Å². The van der Waals surface area contributed by atoms with Gasteiger partial charge in [-0.15, -0.1) is 0 Å². The van der Waals surface area contributed by atoms with E-state index in [0.717, 1.165) is 28.0 Å². The SMILES string of the molecule is COc1ccc([C@@H]2CC(Cc3ccc(OCc4ccccc4)c(OC)c3)C(=O)N(B(C)O)C2)cc1C. The number of methoxy groups -OCH3 is 2. The standard InChI is InChI=1S/C29H34BNO5/c1-20-14-23(11-13-26(20)34-3)25-17-24(29(32)31(18-25)30(2)33)15-22-10-12-27(28(16-22)35-4)36-19-21-8-6-5-7-9-21/h5-14,16,24-25,33H,15,17-19H2,1-4H3/t24?,25-/m1/s1. The number of rotatable bonds is 9. The molecule has 36 heavy (non-hydrogen) atoms. The highest BCUT2D eigenvalue weighted by Gasteiger charge is 2.38. The highest BCUT2D eigenvalue weighted by atomic mass is 16.5. The Labute approximate surface area is 213 Å². The Hall–Kier alpha value is -3.45. The molecule has 1 aliphatic heterocycles. The molecule has 1 heterocycles. The van der Waals surface area contributed by atoms with Gasteiger partial charge in [-0.2, -0.15) is 0 Å². The van der Waals surface area contributed by atoms with Gasteiger partial charge in [-0.25, -0.2) is 0 Å². The van der Waals surface area contributed by atoms with Crippen LogP contribution in [0.5, 0.6) is 17.2 Å². The maximum atomic E-state index is 13.3. The van der Waals surface area contributed by atoms with Crippen molar-refractivity contribution in [1.82, 2.24) is 4.81 Å². The summed E-state index contributed by atoms with van der Waals surface area (Å²) in [5.74, 6) is 2.01. The highest BCUT2D eigenvalue weighted by Crippen LogP contribution is 2.36. The molecule has 0 aliphatic carbocycles. The molecule has 0 bridgehead atoms. The second-order valence-corrected chi connectivity index (χ2v) is 9.44. The molecule has 2 atom stereocenters. The van der Waals surface area contributed by atoms with Crippen molar-refractivity contribution in [2.75, 3.05) is 20.8 Å². The molecule has 188 valence electrons. The van der Waals surface area contributed by atoms with E-state index in [0.29, 0.717) is 37.5 Å². The molecular weight excluding hydrogens is 453 g/mol. The lowest BCUT2D eigenvalue weighted by Crippen LogP contribution is -2.51. The highest BCUT2D eigenvalue weighted by molar-refractivity contribution is 6.49. The number of aryl methyl sites for hydroxylation is 1. The van der Waals surface area contributed by atoms with Gasteiger partial charge >= 0.3 is 7.05 Å². The zero-order valence-electron chi connectivity index (χ0n) is 21.4. The van der Waals surface area contributed by atoms with E-state index in [4.69, 9.17) is 14.2 Å². The summed E-state index contributed by atoms with van der Waals surface area (Å²) in [6, 6.07) is 22.0. The van der Waals surface area contributed by atoms with Crippen LogP contribution in [0.15, 0.2) is 66.7 Å². The molecule has 1 saturated heterocycles. The molecule has 1 fully saturated rings. The number of benzene rings is 3. The second-order valence-electron chi connectivity index (χ2n) is 9.44. The third-order valence-corrected chi connectivity index (χ3v) is 6.91. The minimum atomic E-state index is -0.842. The number of amides is 1. The van der Waals surface area contributed by atoms with Gasteiger partial charge in [0, 0.05) is 18.4 Å². The van der Waals surface area contributed by atoms with Crippen LogP contribution in [0.3, 0.4) is 0 Å². The summed E-state index contributed by atoms with van der Waals surface area (Å²) in [6.45, 7) is 4.62. The first-order valence-electron chi connectivity index (χ1n) is 12.4. The lowest BCUT2D eigenvalue weighted by molar-refractivity contribution is -0.134. The average Bonchev–Trinajstić information content (AvgIpc) is 2.89. The van der Waals surface area contributed by atoms with Crippen molar-refractivity contribution in [1.29, 1.82) is 0 Å². The zero-order chi connectivity index (χ0) is 25.7. The molecule has 3 aromatic carbocycles. The third kappa shape index (κ3) is 5.85. The zero-order valence-corrected chi connectivity index (χ0v) is 21.4. The van der Waals surface area contributed by atoms with Gasteiger partial charge in [-0.3, -0.25) is 4.79 Å². The van der Waals surface area contributed by atoms with Crippen molar-refractivity contribution in [3.05, 3.63) is 89.0 Å². The van der Waals surface area contributed by atoms with Crippen LogP contribution in [-0.4, -0.2) is 43.6 Å². The lowest BCUT2D eigenvalue weighted by atomic mass is 9.74. The van der Waals surface area contributed by atoms with Crippen LogP contribution in [0.1, 0.15) is 34.6 Å². The monoisotopic (exact) mass is 487 g/mol. The van der Waals surface area contributed by atoms with Crippen LogP contribution in [0, 0.1) is 12.8 Å². The Morgan fingerprint density at radius 1 is 0.944 bits per heavy atom. The first kappa shape index (κ1) is 25.6. The van der Waals surface area contributed by atoms with Crippen molar-refractivity contribution in [3.63, 3.8) is 0 Å². The Balaban J connectivity index is 1.52. The van der Waals surface area contributed by atoms with E-state index < -0.39 is 7.05 Å². The van der Waals surface area contributed by atoms with Crippen molar-refractivity contribution in [2.45, 2.75) is 39.1 Å². The first-order chi connectivity index (χ1) is 17.4. The fourth-order valence-electron chi connectivity index (χ4n) is 4.96. The van der Waals surface area contributed by atoms with E-state index >= 15 is 0 Å². The summed E-state index contributed by atoms with van der Waals surface area (Å²) in [5.41, 5.74) is 4.28. The summed E-state index contributed by atoms with van der Waals surface area (Å²) >= 11 is 0. The van der Waals surface area contributed by atoms with Crippen molar-refractivity contribution in [3.8, 4) is 17.2 Å². The Bertz CT molecular complexity index is 1180. The Morgan fingerprint density at radius 2 is 1.67 bits per heavy atom. The largest absolute Gasteiger partial charge is 0.496 e. The molecule has 6 nitrogen and oxygen atoms in total. The molecule has 1 amide bonds. The predicted molar refractivity (Wildman–Crippen MR) is 142 cm³/mol. The van der Waals surface area contributed by atoms with Gasteiger partial charge in [0.2, 0.25) is 5.91 Å². The molecule has 0 spiro atoms. The molecule has 0 radical (unpaired) electrons. The van der Waals surface area contributed by atoms with Gasteiger partial charge in [0.15, 0.2) is 11.5 Å². The number of carbonyl (C=O) groups excluding carboxylic acids is 1. The lowest BCUT2D eigenvalue weighted by Gasteiger charge is -2.38. The summed E-state index contributed by atoms with van der Waals surface area (Å²) in [7, 11) is 2.45. The number of hydrogen-bond donors (Lipinski definition) is 1. The number of hydrogen-bond acceptors (Lipinski definition) is 5. The second kappa shape index (κ2) is 11.5. The maximum Gasteiger partial charge on any atom is 0.411 e. The quantitative estimate of drug-likeness (QED) is 0.436. The normalized spacial score (nSPS) is 17.6. The molecule has 1 aliphatic rings. The number of nitrogens with zero attached hydrogens (tertiary/aromatic N) is 1. The van der Waals surface area contributed by atoms with Gasteiger partial charge in [-0.05, 0) is 67.0 Å². The van der Waals surface area contributed by atoms with Crippen molar-refractivity contribution in [2.24, 2.45) is 5.92 Å². The van der Waals surface area contributed by atoms with Gasteiger partial charge in [-0.1, -0.05) is 48.5 Å². The van der Waals surface area contributed by atoms with E-state index in [9.17, 15) is 9.82 Å². The summed E-state index contributed by atoms with van der Waals surface area (Å²) in [5, 5.41) is 10.4. The Morgan fingerprint density at radius 3 is 2.33 bits per heavy atom. The molecule has 1 unspecified atom stereocenters. The molecule has 4 rings (SSSR count). The molecule has 1 N–H and O–H groups in total. The number of piperidine rings is 1. The summed E-state index contributed by atoms with van der Waals surface area (Å²) < 4.78 is 17.0. The fraction of sp³-hybridized carbons (Fsp3) is 0.345. The van der Waals surface area contributed by atoms with Crippen LogP contribution < -0.4 is 14.2 Å². The molecule has 0 saturated carbocycles. The van der Waals surface area contributed by atoms with Gasteiger partial charge in [0.25, 0.3) is 0 Å². The average molecular weight is 487 g/mol. The van der Waals surface area contributed by atoms with E-state index in [1.54, 1.807) is 25.9 Å². The van der Waals surface area contributed by atoms with Crippen LogP contribution >= 0.6 is 0 Å². The van der Waals surface area contributed by atoms with E-state index in [2.05, 4.69) is 12.1 Å². The van der Waals surface area contributed by atoms with Gasteiger partial charge < -0.3 is 24.0 Å². The smallest absolute Gasteiger partial charge is 0.411 e. The minimum absolute atomic E-state index is 0.0187. The van der Waals surface area contributed by atoms with Crippen LogP contribution in [0.2, 0.25) is 6.82 Å². The maximum absolute atomic E-state index is 13.3.